The van der Waals surface area contributed by atoms with Crippen LogP contribution >= 0.6 is 0 Å². The van der Waals surface area contributed by atoms with E-state index in [0.717, 1.165) is 19.3 Å². The molecule has 0 heterocycles. The normalized spacial score (nSPS) is 26.7. The Bertz CT molecular complexity index is 367. The van der Waals surface area contributed by atoms with Gasteiger partial charge in [-0.05, 0) is 31.2 Å². The number of hydrogen-bond acceptors (Lipinski definition) is 1. The van der Waals surface area contributed by atoms with Crippen LogP contribution in [0.2, 0.25) is 0 Å². The third-order valence-electron chi connectivity index (χ3n) is 3.35. The van der Waals surface area contributed by atoms with E-state index in [1.54, 1.807) is 0 Å². The summed E-state index contributed by atoms with van der Waals surface area (Å²) in [6, 6.07) is 8.38. The molecule has 0 saturated heterocycles. The van der Waals surface area contributed by atoms with Crippen LogP contribution in [0, 0.1) is 12.8 Å². The van der Waals surface area contributed by atoms with Gasteiger partial charge in [-0.15, -0.1) is 0 Å². The van der Waals surface area contributed by atoms with Crippen molar-refractivity contribution in [3.63, 3.8) is 0 Å². The topological polar surface area (TPSA) is 17.1 Å². The van der Waals surface area contributed by atoms with E-state index in [-0.39, 0.29) is 5.92 Å². The van der Waals surface area contributed by atoms with E-state index in [9.17, 15) is 4.79 Å². The van der Waals surface area contributed by atoms with Crippen LogP contribution in [0.25, 0.3) is 0 Å². The second-order valence-electron chi connectivity index (χ2n) is 4.81. The van der Waals surface area contributed by atoms with Gasteiger partial charge in [-0.1, -0.05) is 36.8 Å². The van der Waals surface area contributed by atoms with Gasteiger partial charge in [0.15, 0.2) is 0 Å². The lowest BCUT2D eigenvalue weighted by Crippen LogP contribution is -2.21. The fourth-order valence-electron chi connectivity index (χ4n) is 2.42. The summed E-state index contributed by atoms with van der Waals surface area (Å²) in [5.41, 5.74) is 2.46. The highest BCUT2D eigenvalue weighted by Gasteiger charge is 2.27. The fourth-order valence-corrected chi connectivity index (χ4v) is 2.42. The smallest absolute Gasteiger partial charge is 0.140 e. The van der Waals surface area contributed by atoms with Crippen LogP contribution in [0.1, 0.15) is 43.2 Å². The molecule has 0 aromatic heterocycles. The lowest BCUT2D eigenvalue weighted by atomic mass is 9.78. The highest BCUT2D eigenvalue weighted by atomic mass is 16.1. The van der Waals surface area contributed by atoms with Crippen LogP contribution in [0.5, 0.6) is 0 Å². The number of ketones is 1. The summed E-state index contributed by atoms with van der Waals surface area (Å²) < 4.78 is 0. The number of carbonyl (C=O) groups excluding carboxylic acids is 1. The maximum Gasteiger partial charge on any atom is 0.140 e. The zero-order valence-electron chi connectivity index (χ0n) is 9.49. The molecule has 1 aliphatic carbocycles. The van der Waals surface area contributed by atoms with Gasteiger partial charge in [-0.25, -0.2) is 0 Å². The van der Waals surface area contributed by atoms with Crippen LogP contribution in [0.15, 0.2) is 24.3 Å². The Hall–Kier alpha value is -1.11. The van der Waals surface area contributed by atoms with E-state index < -0.39 is 0 Å². The molecule has 0 amide bonds. The molecule has 1 aromatic rings. The van der Waals surface area contributed by atoms with Crippen molar-refractivity contribution in [2.75, 3.05) is 0 Å². The van der Waals surface area contributed by atoms with E-state index in [4.69, 9.17) is 0 Å². The maximum atomic E-state index is 11.9. The summed E-state index contributed by atoms with van der Waals surface area (Å²) in [4.78, 5) is 11.9. The quantitative estimate of drug-likeness (QED) is 0.681. The molecule has 80 valence electrons. The van der Waals surface area contributed by atoms with Crippen LogP contribution < -0.4 is 0 Å². The molecule has 15 heavy (non-hydrogen) atoms. The van der Waals surface area contributed by atoms with Gasteiger partial charge < -0.3 is 0 Å². The van der Waals surface area contributed by atoms with E-state index >= 15 is 0 Å². The molecule has 1 aromatic carbocycles. The van der Waals surface area contributed by atoms with Gasteiger partial charge >= 0.3 is 0 Å². The van der Waals surface area contributed by atoms with Crippen molar-refractivity contribution >= 4 is 5.78 Å². The van der Waals surface area contributed by atoms with Gasteiger partial charge in [-0.2, -0.15) is 0 Å². The molecule has 1 saturated carbocycles. The van der Waals surface area contributed by atoms with Crippen LogP contribution in [0.4, 0.5) is 0 Å². The maximum absolute atomic E-state index is 11.9. The number of aryl methyl sites for hydroxylation is 1. The Balaban J connectivity index is 2.25. The van der Waals surface area contributed by atoms with E-state index in [2.05, 4.69) is 38.1 Å². The van der Waals surface area contributed by atoms with Crippen LogP contribution in [-0.4, -0.2) is 5.78 Å². The Morgan fingerprint density at radius 2 is 2.13 bits per heavy atom. The Morgan fingerprint density at radius 1 is 1.33 bits per heavy atom. The third kappa shape index (κ3) is 2.28. The average Bonchev–Trinajstić information content (AvgIpc) is 2.22. The highest BCUT2D eigenvalue weighted by molar-refractivity contribution is 5.86. The molecule has 1 fully saturated rings. The van der Waals surface area contributed by atoms with Crippen LogP contribution in [0.3, 0.4) is 0 Å². The van der Waals surface area contributed by atoms with Crippen molar-refractivity contribution in [1.29, 1.82) is 0 Å². The minimum Gasteiger partial charge on any atom is -0.299 e. The molecular weight excluding hydrogens is 184 g/mol. The molecule has 0 bridgehead atoms. The summed E-state index contributed by atoms with van der Waals surface area (Å²) in [5, 5.41) is 0. The first kappa shape index (κ1) is 10.4. The first-order valence-electron chi connectivity index (χ1n) is 5.76. The molecule has 2 rings (SSSR count). The van der Waals surface area contributed by atoms with E-state index in [0.29, 0.717) is 11.7 Å². The van der Waals surface area contributed by atoms with E-state index in [1.807, 2.05) is 0 Å². The zero-order valence-corrected chi connectivity index (χ0v) is 9.49. The molecular formula is C14H18O. The fraction of sp³-hybridized carbons (Fsp3) is 0.500. The monoisotopic (exact) mass is 202 g/mol. The number of benzene rings is 1. The molecule has 0 aliphatic heterocycles. The summed E-state index contributed by atoms with van der Waals surface area (Å²) in [6.45, 7) is 4.33. The molecule has 1 nitrogen and oxygen atoms in total. The second kappa shape index (κ2) is 4.18. The van der Waals surface area contributed by atoms with E-state index in [1.165, 1.54) is 11.1 Å². The molecule has 1 aliphatic rings. The predicted molar refractivity (Wildman–Crippen MR) is 61.9 cm³/mol. The molecule has 1 heteroatoms. The van der Waals surface area contributed by atoms with Crippen LogP contribution in [-0.2, 0) is 4.79 Å². The number of carbonyl (C=O) groups is 1. The van der Waals surface area contributed by atoms with Crippen molar-refractivity contribution < 1.29 is 4.79 Å². The van der Waals surface area contributed by atoms with Gasteiger partial charge in [0.2, 0.25) is 0 Å². The molecule has 2 atom stereocenters. The number of rotatable bonds is 1. The van der Waals surface area contributed by atoms with Crippen molar-refractivity contribution in [3.8, 4) is 0 Å². The Labute approximate surface area is 91.5 Å². The zero-order chi connectivity index (χ0) is 10.8. The molecule has 2 unspecified atom stereocenters. The number of Topliss-reactive ketones (excluding diaryl/α,β-unsaturated/α-hetero) is 1. The van der Waals surface area contributed by atoms with Gasteiger partial charge in [0.25, 0.3) is 0 Å². The first-order chi connectivity index (χ1) is 7.16. The van der Waals surface area contributed by atoms with Crippen molar-refractivity contribution in [1.82, 2.24) is 0 Å². The summed E-state index contributed by atoms with van der Waals surface area (Å²) >= 11 is 0. The van der Waals surface area contributed by atoms with Gasteiger partial charge in [-0.3, -0.25) is 4.79 Å². The summed E-state index contributed by atoms with van der Waals surface area (Å²) in [5.74, 6) is 1.28. The third-order valence-corrected chi connectivity index (χ3v) is 3.35. The second-order valence-corrected chi connectivity index (χ2v) is 4.81. The minimum absolute atomic E-state index is 0.161. The molecule has 0 N–H and O–H groups in total. The van der Waals surface area contributed by atoms with Crippen molar-refractivity contribution in [3.05, 3.63) is 35.4 Å². The molecule has 0 spiro atoms. The van der Waals surface area contributed by atoms with Gasteiger partial charge in [0, 0.05) is 12.3 Å². The Morgan fingerprint density at radius 3 is 2.87 bits per heavy atom. The SMILES string of the molecule is Cc1cccc(C2CC(C)CCC2=O)c1. The highest BCUT2D eigenvalue weighted by Crippen LogP contribution is 2.33. The lowest BCUT2D eigenvalue weighted by Gasteiger charge is -2.26. The van der Waals surface area contributed by atoms with Gasteiger partial charge in [0.1, 0.15) is 5.78 Å². The predicted octanol–water partition coefficient (Wildman–Crippen LogP) is 3.47. The number of hydrogen-bond donors (Lipinski definition) is 0. The summed E-state index contributed by atoms with van der Waals surface area (Å²) in [6.07, 6.45) is 2.86. The lowest BCUT2D eigenvalue weighted by molar-refractivity contribution is -0.122. The van der Waals surface area contributed by atoms with Crippen molar-refractivity contribution in [2.24, 2.45) is 5.92 Å². The summed E-state index contributed by atoms with van der Waals surface area (Å²) in [7, 11) is 0. The van der Waals surface area contributed by atoms with Gasteiger partial charge in [0.05, 0.1) is 0 Å². The largest absolute Gasteiger partial charge is 0.299 e. The minimum atomic E-state index is 0.161. The standard InChI is InChI=1S/C14H18O/c1-10-4-3-5-12(8-10)13-9-11(2)6-7-14(13)15/h3-5,8,11,13H,6-7,9H2,1-2H3. The molecule has 0 radical (unpaired) electrons. The average molecular weight is 202 g/mol. The Kier molecular flexibility index (Phi) is 2.90. The van der Waals surface area contributed by atoms with Crippen molar-refractivity contribution in [2.45, 2.75) is 39.0 Å². The first-order valence-corrected chi connectivity index (χ1v) is 5.76.